The van der Waals surface area contributed by atoms with Gasteiger partial charge in [0.25, 0.3) is 0 Å². The number of aryl methyl sites for hydroxylation is 1. The molecule has 0 saturated heterocycles. The van der Waals surface area contributed by atoms with Crippen LogP contribution in [0, 0.1) is 5.82 Å². The molecule has 0 bridgehead atoms. The molecule has 1 aromatic heterocycles. The predicted molar refractivity (Wildman–Crippen MR) is 85.3 cm³/mol. The summed E-state index contributed by atoms with van der Waals surface area (Å²) >= 11 is 1.58. The Morgan fingerprint density at radius 2 is 2.19 bits per heavy atom. The Morgan fingerprint density at radius 3 is 3.00 bits per heavy atom. The van der Waals surface area contributed by atoms with Crippen molar-refractivity contribution < 1.29 is 4.39 Å². The van der Waals surface area contributed by atoms with Gasteiger partial charge < -0.3 is 5.32 Å². The number of aromatic nitrogens is 1. The van der Waals surface area contributed by atoms with Crippen molar-refractivity contribution in [3.05, 3.63) is 59.7 Å². The number of rotatable bonds is 5. The van der Waals surface area contributed by atoms with E-state index in [0.717, 1.165) is 23.5 Å². The van der Waals surface area contributed by atoms with Crippen molar-refractivity contribution in [2.45, 2.75) is 29.7 Å². The molecule has 0 amide bonds. The summed E-state index contributed by atoms with van der Waals surface area (Å²) in [5, 5.41) is 3.39. The Labute approximate surface area is 129 Å². The fourth-order valence-electron chi connectivity index (χ4n) is 2.98. The van der Waals surface area contributed by atoms with Crippen LogP contribution in [0.2, 0.25) is 0 Å². The van der Waals surface area contributed by atoms with Gasteiger partial charge in [0.2, 0.25) is 0 Å². The third-order valence-electron chi connectivity index (χ3n) is 4.11. The number of pyridine rings is 1. The summed E-state index contributed by atoms with van der Waals surface area (Å²) in [5.74, 6) is 1.13. The summed E-state index contributed by atoms with van der Waals surface area (Å²) in [6.45, 7) is 0. The number of hydrogen-bond acceptors (Lipinski definition) is 3. The SMILES string of the molecule is CNC(CSc1ccccc1F)C1CCc2cccnc21. The minimum atomic E-state index is -0.137. The molecule has 0 spiro atoms. The van der Waals surface area contributed by atoms with Crippen LogP contribution in [0.5, 0.6) is 0 Å². The Balaban J connectivity index is 1.71. The molecule has 0 radical (unpaired) electrons. The lowest BCUT2D eigenvalue weighted by Gasteiger charge is -2.23. The highest BCUT2D eigenvalue weighted by atomic mass is 32.2. The third kappa shape index (κ3) is 3.11. The van der Waals surface area contributed by atoms with Crippen molar-refractivity contribution in [2.24, 2.45) is 0 Å². The van der Waals surface area contributed by atoms with E-state index in [1.54, 1.807) is 17.8 Å². The Morgan fingerprint density at radius 1 is 1.33 bits per heavy atom. The summed E-state index contributed by atoms with van der Waals surface area (Å²) in [6, 6.07) is 11.4. The lowest BCUT2D eigenvalue weighted by molar-refractivity contribution is 0.491. The van der Waals surface area contributed by atoms with Gasteiger partial charge in [-0.05, 0) is 43.7 Å². The standard InChI is InChI=1S/C17H19FN2S/c1-19-15(11-21-16-7-3-2-6-14(16)18)13-9-8-12-5-4-10-20-17(12)13/h2-7,10,13,15,19H,8-9,11H2,1H3. The molecule has 2 nitrogen and oxygen atoms in total. The smallest absolute Gasteiger partial charge is 0.136 e. The lowest BCUT2D eigenvalue weighted by Crippen LogP contribution is -2.33. The van der Waals surface area contributed by atoms with Gasteiger partial charge in [0.1, 0.15) is 5.82 Å². The van der Waals surface area contributed by atoms with Crippen LogP contribution in [0.15, 0.2) is 47.5 Å². The Kier molecular flexibility index (Phi) is 4.56. The highest BCUT2D eigenvalue weighted by Gasteiger charge is 2.30. The van der Waals surface area contributed by atoms with Gasteiger partial charge >= 0.3 is 0 Å². The molecule has 1 aliphatic rings. The van der Waals surface area contributed by atoms with Crippen molar-refractivity contribution >= 4 is 11.8 Å². The number of hydrogen-bond donors (Lipinski definition) is 1. The summed E-state index contributed by atoms with van der Waals surface area (Å²) < 4.78 is 13.7. The van der Waals surface area contributed by atoms with E-state index >= 15 is 0 Å². The zero-order valence-electron chi connectivity index (χ0n) is 12.1. The van der Waals surface area contributed by atoms with Gasteiger partial charge in [0.15, 0.2) is 0 Å². The molecule has 1 heterocycles. The number of nitrogens with one attached hydrogen (secondary N) is 1. The predicted octanol–water partition coefficient (Wildman–Crippen LogP) is 3.63. The molecule has 21 heavy (non-hydrogen) atoms. The zero-order chi connectivity index (χ0) is 14.7. The summed E-state index contributed by atoms with van der Waals surface area (Å²) in [4.78, 5) is 5.28. The molecule has 110 valence electrons. The summed E-state index contributed by atoms with van der Waals surface area (Å²) in [7, 11) is 1.98. The van der Waals surface area contributed by atoms with E-state index in [1.165, 1.54) is 17.3 Å². The minimum absolute atomic E-state index is 0.137. The van der Waals surface area contributed by atoms with Crippen molar-refractivity contribution in [2.75, 3.05) is 12.8 Å². The molecule has 2 atom stereocenters. The second-order valence-corrected chi connectivity index (χ2v) is 6.39. The van der Waals surface area contributed by atoms with Crippen molar-refractivity contribution in [3.63, 3.8) is 0 Å². The highest BCUT2D eigenvalue weighted by molar-refractivity contribution is 7.99. The number of halogens is 1. The van der Waals surface area contributed by atoms with E-state index in [1.807, 2.05) is 31.4 Å². The summed E-state index contributed by atoms with van der Waals surface area (Å²) in [5.41, 5.74) is 2.57. The van der Waals surface area contributed by atoms with Gasteiger partial charge in [0, 0.05) is 34.5 Å². The molecular formula is C17H19FN2S. The maximum Gasteiger partial charge on any atom is 0.136 e. The van der Waals surface area contributed by atoms with Gasteiger partial charge in [-0.2, -0.15) is 0 Å². The Hall–Kier alpha value is -1.39. The molecule has 4 heteroatoms. The fourth-order valence-corrected chi connectivity index (χ4v) is 4.12. The first-order valence-corrected chi connectivity index (χ1v) is 8.26. The number of thioether (sulfide) groups is 1. The van der Waals surface area contributed by atoms with E-state index in [-0.39, 0.29) is 5.82 Å². The minimum Gasteiger partial charge on any atom is -0.315 e. The van der Waals surface area contributed by atoms with Crippen LogP contribution in [-0.2, 0) is 6.42 Å². The van der Waals surface area contributed by atoms with Gasteiger partial charge in [-0.1, -0.05) is 18.2 Å². The normalized spacial score (nSPS) is 18.5. The number of likely N-dealkylation sites (N-methyl/N-ethyl adjacent to an activating group) is 1. The number of fused-ring (bicyclic) bond motifs is 1. The van der Waals surface area contributed by atoms with E-state index in [9.17, 15) is 4.39 Å². The second kappa shape index (κ2) is 6.58. The average Bonchev–Trinajstić information content (AvgIpc) is 2.94. The molecule has 1 N–H and O–H groups in total. The van der Waals surface area contributed by atoms with Crippen molar-refractivity contribution in [1.29, 1.82) is 0 Å². The van der Waals surface area contributed by atoms with Crippen LogP contribution in [0.3, 0.4) is 0 Å². The molecule has 0 fully saturated rings. The first-order valence-electron chi connectivity index (χ1n) is 7.28. The largest absolute Gasteiger partial charge is 0.315 e. The van der Waals surface area contributed by atoms with Crippen LogP contribution in [0.4, 0.5) is 4.39 Å². The van der Waals surface area contributed by atoms with Crippen LogP contribution >= 0.6 is 11.8 Å². The van der Waals surface area contributed by atoms with Crippen LogP contribution < -0.4 is 5.32 Å². The quantitative estimate of drug-likeness (QED) is 0.854. The second-order valence-electron chi connectivity index (χ2n) is 5.33. The monoisotopic (exact) mass is 302 g/mol. The van der Waals surface area contributed by atoms with E-state index < -0.39 is 0 Å². The Bertz CT molecular complexity index is 617. The van der Waals surface area contributed by atoms with Gasteiger partial charge in [-0.15, -0.1) is 11.8 Å². The maximum atomic E-state index is 13.7. The molecule has 2 unspecified atom stereocenters. The third-order valence-corrected chi connectivity index (χ3v) is 5.28. The highest BCUT2D eigenvalue weighted by Crippen LogP contribution is 2.35. The molecular weight excluding hydrogens is 283 g/mol. The van der Waals surface area contributed by atoms with Gasteiger partial charge in [-0.25, -0.2) is 4.39 Å². The van der Waals surface area contributed by atoms with Crippen molar-refractivity contribution in [1.82, 2.24) is 10.3 Å². The molecule has 1 aromatic carbocycles. The fraction of sp³-hybridized carbons (Fsp3) is 0.353. The first-order chi connectivity index (χ1) is 10.3. The van der Waals surface area contributed by atoms with Gasteiger partial charge in [-0.3, -0.25) is 4.98 Å². The zero-order valence-corrected chi connectivity index (χ0v) is 12.9. The van der Waals surface area contributed by atoms with Crippen molar-refractivity contribution in [3.8, 4) is 0 Å². The van der Waals surface area contributed by atoms with Gasteiger partial charge in [0.05, 0.1) is 0 Å². The molecule has 0 saturated carbocycles. The van der Waals surface area contributed by atoms with E-state index in [4.69, 9.17) is 0 Å². The number of nitrogens with zero attached hydrogens (tertiary/aromatic N) is 1. The van der Waals surface area contributed by atoms with Crippen LogP contribution in [-0.4, -0.2) is 23.8 Å². The molecule has 3 rings (SSSR count). The van der Waals surface area contributed by atoms with E-state index in [2.05, 4.69) is 16.4 Å². The molecule has 2 aromatic rings. The molecule has 0 aliphatic heterocycles. The summed E-state index contributed by atoms with van der Waals surface area (Å²) in [6.07, 6.45) is 4.08. The topological polar surface area (TPSA) is 24.9 Å². The number of benzene rings is 1. The first kappa shape index (κ1) is 14.5. The van der Waals surface area contributed by atoms with E-state index in [0.29, 0.717) is 12.0 Å². The maximum absolute atomic E-state index is 13.7. The average molecular weight is 302 g/mol. The van der Waals surface area contributed by atoms with Crippen LogP contribution in [0.1, 0.15) is 23.6 Å². The lowest BCUT2D eigenvalue weighted by atomic mass is 9.98. The molecule has 1 aliphatic carbocycles. The van der Waals surface area contributed by atoms with Crippen LogP contribution in [0.25, 0.3) is 0 Å².